The fourth-order valence-electron chi connectivity index (χ4n) is 1.80. The highest BCUT2D eigenvalue weighted by Gasteiger charge is 2.05. The molecule has 1 unspecified atom stereocenters. The van der Waals surface area contributed by atoms with Crippen molar-refractivity contribution in [1.82, 2.24) is 0 Å². The van der Waals surface area contributed by atoms with Gasteiger partial charge in [0.15, 0.2) is 5.78 Å². The number of carbonyl (C=O) groups is 1. The lowest BCUT2D eigenvalue weighted by atomic mass is 9.99. The fourth-order valence-corrected chi connectivity index (χ4v) is 1.80. The summed E-state index contributed by atoms with van der Waals surface area (Å²) >= 11 is 0. The summed E-state index contributed by atoms with van der Waals surface area (Å²) in [5.74, 6) is 0.673. The number of nitrogen functional groups attached to an aromatic ring is 1. The van der Waals surface area contributed by atoms with Gasteiger partial charge in [0.2, 0.25) is 0 Å². The van der Waals surface area contributed by atoms with Gasteiger partial charge in [0.1, 0.15) is 0 Å². The first kappa shape index (κ1) is 13.5. The predicted molar refractivity (Wildman–Crippen MR) is 73.6 cm³/mol. The molecule has 0 saturated heterocycles. The van der Waals surface area contributed by atoms with Crippen molar-refractivity contribution in [2.75, 3.05) is 5.73 Å². The van der Waals surface area contributed by atoms with Crippen molar-refractivity contribution in [2.45, 2.75) is 33.1 Å². The Labute approximate surface area is 104 Å². The Hall–Kier alpha value is -1.57. The minimum Gasteiger partial charge on any atom is -0.399 e. The molecule has 1 aromatic carbocycles. The molecule has 2 nitrogen and oxygen atoms in total. The van der Waals surface area contributed by atoms with Gasteiger partial charge in [0.05, 0.1) is 0 Å². The average molecular weight is 231 g/mol. The monoisotopic (exact) mass is 231 g/mol. The number of ketones is 1. The molecule has 1 rings (SSSR count). The number of carbonyl (C=O) groups excluding carboxylic acids is 1. The maximum atomic E-state index is 11.7. The molecule has 0 bridgehead atoms. The van der Waals surface area contributed by atoms with Crippen LogP contribution >= 0.6 is 0 Å². The van der Waals surface area contributed by atoms with Gasteiger partial charge in [-0.3, -0.25) is 4.79 Å². The topological polar surface area (TPSA) is 43.1 Å². The number of rotatable bonds is 6. The van der Waals surface area contributed by atoms with E-state index in [0.717, 1.165) is 24.1 Å². The zero-order valence-corrected chi connectivity index (χ0v) is 10.6. The minimum absolute atomic E-state index is 0.197. The maximum absolute atomic E-state index is 11.7. The molecule has 17 heavy (non-hydrogen) atoms. The van der Waals surface area contributed by atoms with Crippen LogP contribution in [0.25, 0.3) is 6.08 Å². The summed E-state index contributed by atoms with van der Waals surface area (Å²) in [6.07, 6.45) is 6.40. The van der Waals surface area contributed by atoms with Crippen LogP contribution in [0.15, 0.2) is 30.3 Å². The molecule has 0 aliphatic carbocycles. The van der Waals surface area contributed by atoms with Gasteiger partial charge in [-0.05, 0) is 29.7 Å². The predicted octanol–water partition coefficient (Wildman–Crippen LogP) is 3.68. The molecule has 2 N–H and O–H groups in total. The Morgan fingerprint density at radius 3 is 2.59 bits per heavy atom. The van der Waals surface area contributed by atoms with Crippen molar-refractivity contribution < 1.29 is 4.79 Å². The van der Waals surface area contributed by atoms with E-state index in [0.29, 0.717) is 12.3 Å². The van der Waals surface area contributed by atoms with Gasteiger partial charge in [-0.1, -0.05) is 44.9 Å². The molecule has 0 saturated carbocycles. The van der Waals surface area contributed by atoms with Crippen LogP contribution in [0.4, 0.5) is 5.69 Å². The summed E-state index contributed by atoms with van der Waals surface area (Å²) in [5.41, 5.74) is 7.34. The summed E-state index contributed by atoms with van der Waals surface area (Å²) < 4.78 is 0. The SMILES string of the molecule is CCCC(C)CC(=O)/C=C/c1ccc(N)cc1. The first-order valence-electron chi connectivity index (χ1n) is 6.18. The molecule has 0 radical (unpaired) electrons. The van der Waals surface area contributed by atoms with E-state index in [4.69, 9.17) is 5.73 Å². The van der Waals surface area contributed by atoms with Crippen molar-refractivity contribution in [3.8, 4) is 0 Å². The van der Waals surface area contributed by atoms with E-state index in [9.17, 15) is 4.79 Å². The van der Waals surface area contributed by atoms with Crippen LogP contribution in [0.3, 0.4) is 0 Å². The molecule has 0 spiro atoms. The van der Waals surface area contributed by atoms with E-state index in [1.165, 1.54) is 0 Å². The Morgan fingerprint density at radius 1 is 1.35 bits per heavy atom. The highest BCUT2D eigenvalue weighted by molar-refractivity contribution is 5.93. The van der Waals surface area contributed by atoms with E-state index in [1.54, 1.807) is 6.08 Å². The van der Waals surface area contributed by atoms with Gasteiger partial charge in [-0.15, -0.1) is 0 Å². The highest BCUT2D eigenvalue weighted by atomic mass is 16.1. The van der Waals surface area contributed by atoms with Crippen molar-refractivity contribution in [2.24, 2.45) is 5.92 Å². The minimum atomic E-state index is 0.197. The van der Waals surface area contributed by atoms with Crippen LogP contribution in [-0.4, -0.2) is 5.78 Å². The molecule has 0 heterocycles. The fraction of sp³-hybridized carbons (Fsp3) is 0.400. The van der Waals surface area contributed by atoms with Gasteiger partial charge < -0.3 is 5.73 Å². The van der Waals surface area contributed by atoms with Crippen LogP contribution in [0.2, 0.25) is 0 Å². The molecular weight excluding hydrogens is 210 g/mol. The zero-order valence-electron chi connectivity index (χ0n) is 10.6. The first-order valence-corrected chi connectivity index (χ1v) is 6.18. The van der Waals surface area contributed by atoms with Crippen molar-refractivity contribution in [3.05, 3.63) is 35.9 Å². The molecule has 0 aliphatic heterocycles. The number of hydrogen-bond donors (Lipinski definition) is 1. The highest BCUT2D eigenvalue weighted by Crippen LogP contribution is 2.12. The first-order chi connectivity index (χ1) is 8.11. The molecule has 1 aromatic rings. The Kier molecular flexibility index (Phi) is 5.47. The number of hydrogen-bond acceptors (Lipinski definition) is 2. The summed E-state index contributed by atoms with van der Waals surface area (Å²) in [7, 11) is 0. The number of anilines is 1. The molecule has 0 amide bonds. The van der Waals surface area contributed by atoms with E-state index in [1.807, 2.05) is 30.3 Å². The molecule has 92 valence electrons. The lowest BCUT2D eigenvalue weighted by Gasteiger charge is -2.06. The van der Waals surface area contributed by atoms with Crippen molar-refractivity contribution >= 4 is 17.5 Å². The standard InChI is InChI=1S/C15H21NO/c1-3-4-12(2)11-15(17)10-7-13-5-8-14(16)9-6-13/h5-10,12H,3-4,11,16H2,1-2H3/b10-7+. The smallest absolute Gasteiger partial charge is 0.155 e. The van der Waals surface area contributed by atoms with E-state index in [-0.39, 0.29) is 5.78 Å². The van der Waals surface area contributed by atoms with Gasteiger partial charge in [-0.2, -0.15) is 0 Å². The van der Waals surface area contributed by atoms with Crippen molar-refractivity contribution in [1.29, 1.82) is 0 Å². The second kappa shape index (κ2) is 6.89. The van der Waals surface area contributed by atoms with E-state index >= 15 is 0 Å². The maximum Gasteiger partial charge on any atom is 0.155 e. The average Bonchev–Trinajstić information content (AvgIpc) is 2.28. The third-order valence-electron chi connectivity index (χ3n) is 2.73. The third-order valence-corrected chi connectivity index (χ3v) is 2.73. The third kappa shape index (κ3) is 5.34. The molecular formula is C15H21NO. The zero-order chi connectivity index (χ0) is 12.7. The number of benzene rings is 1. The van der Waals surface area contributed by atoms with Crippen LogP contribution in [0.5, 0.6) is 0 Å². The lowest BCUT2D eigenvalue weighted by Crippen LogP contribution is -2.02. The summed E-state index contributed by atoms with van der Waals surface area (Å²) in [6.45, 7) is 4.27. The van der Waals surface area contributed by atoms with Crippen molar-refractivity contribution in [3.63, 3.8) is 0 Å². The second-order valence-electron chi connectivity index (χ2n) is 4.56. The number of allylic oxidation sites excluding steroid dienone is 1. The quantitative estimate of drug-likeness (QED) is 0.599. The summed E-state index contributed by atoms with van der Waals surface area (Å²) in [5, 5.41) is 0. The normalized spacial score (nSPS) is 12.8. The number of nitrogens with two attached hydrogens (primary N) is 1. The van der Waals surface area contributed by atoms with Crippen LogP contribution < -0.4 is 5.73 Å². The Balaban J connectivity index is 2.47. The Bertz CT molecular complexity index is 378. The molecule has 0 aromatic heterocycles. The van der Waals surface area contributed by atoms with Crippen LogP contribution in [0, 0.1) is 5.92 Å². The Morgan fingerprint density at radius 2 is 2.00 bits per heavy atom. The van der Waals surface area contributed by atoms with Gasteiger partial charge >= 0.3 is 0 Å². The molecule has 0 fully saturated rings. The summed E-state index contributed by atoms with van der Waals surface area (Å²) in [6, 6.07) is 7.50. The second-order valence-corrected chi connectivity index (χ2v) is 4.56. The lowest BCUT2D eigenvalue weighted by molar-refractivity contribution is -0.115. The van der Waals surface area contributed by atoms with Crippen LogP contribution in [-0.2, 0) is 4.79 Å². The van der Waals surface area contributed by atoms with Gasteiger partial charge in [-0.25, -0.2) is 0 Å². The van der Waals surface area contributed by atoms with Gasteiger partial charge in [0.25, 0.3) is 0 Å². The molecule has 1 atom stereocenters. The largest absolute Gasteiger partial charge is 0.399 e. The molecule has 2 heteroatoms. The molecule has 0 aliphatic rings. The van der Waals surface area contributed by atoms with Crippen LogP contribution in [0.1, 0.15) is 38.7 Å². The van der Waals surface area contributed by atoms with E-state index < -0.39 is 0 Å². The van der Waals surface area contributed by atoms with Gasteiger partial charge in [0, 0.05) is 12.1 Å². The summed E-state index contributed by atoms with van der Waals surface area (Å²) in [4.78, 5) is 11.7. The van der Waals surface area contributed by atoms with E-state index in [2.05, 4.69) is 13.8 Å².